The lowest BCUT2D eigenvalue weighted by atomic mass is 10.2. The number of fused-ring (bicyclic) bond motifs is 1. The molecule has 4 nitrogen and oxygen atoms in total. The molecule has 1 N–H and O–H groups in total. The fourth-order valence-corrected chi connectivity index (χ4v) is 2.36. The van der Waals surface area contributed by atoms with Gasteiger partial charge in [0.2, 0.25) is 0 Å². The second-order valence-corrected chi connectivity index (χ2v) is 4.23. The average molecular weight is 244 g/mol. The molecule has 0 aliphatic heterocycles. The molecule has 3 rings (SSSR count). The Kier molecular flexibility index (Phi) is 2.33. The molecule has 1 aromatic carbocycles. The monoisotopic (exact) mass is 244 g/mol. The van der Waals surface area contributed by atoms with Gasteiger partial charge >= 0.3 is 0 Å². The molecule has 2 heterocycles. The zero-order valence-corrected chi connectivity index (χ0v) is 10.2. The fourth-order valence-electron chi connectivity index (χ4n) is 2.03. The van der Waals surface area contributed by atoms with Gasteiger partial charge in [0, 0.05) is 24.6 Å². The van der Waals surface area contributed by atoms with Crippen LogP contribution in [0, 0.1) is 4.77 Å². The van der Waals surface area contributed by atoms with Gasteiger partial charge in [0.1, 0.15) is 0 Å². The number of imidazole rings is 2. The van der Waals surface area contributed by atoms with E-state index < -0.39 is 0 Å². The van der Waals surface area contributed by atoms with Gasteiger partial charge in [0.25, 0.3) is 0 Å². The van der Waals surface area contributed by atoms with Crippen molar-refractivity contribution in [1.82, 2.24) is 19.1 Å². The summed E-state index contributed by atoms with van der Waals surface area (Å²) in [4.78, 5) is 7.26. The van der Waals surface area contributed by atoms with Crippen LogP contribution < -0.4 is 0 Å². The quantitative estimate of drug-likeness (QED) is 0.704. The van der Waals surface area contributed by atoms with Crippen molar-refractivity contribution >= 4 is 23.3 Å². The van der Waals surface area contributed by atoms with E-state index in [0.29, 0.717) is 0 Å². The molecule has 0 saturated carbocycles. The predicted molar refractivity (Wildman–Crippen MR) is 69.9 cm³/mol. The first-order chi connectivity index (χ1) is 8.29. The minimum absolute atomic E-state index is 0.769. The Labute approximate surface area is 104 Å². The van der Waals surface area contributed by atoms with Gasteiger partial charge in [-0.05, 0) is 37.3 Å². The maximum atomic E-state index is 5.28. The lowest BCUT2D eigenvalue weighted by molar-refractivity contribution is 0.774. The number of aromatic nitrogens is 4. The van der Waals surface area contributed by atoms with Crippen LogP contribution in [0.4, 0.5) is 0 Å². The molecule has 0 aliphatic carbocycles. The number of H-pyrrole nitrogens is 1. The third-order valence-electron chi connectivity index (χ3n) is 2.88. The zero-order chi connectivity index (χ0) is 11.8. The van der Waals surface area contributed by atoms with Crippen molar-refractivity contribution in [3.8, 4) is 5.69 Å². The molecular weight excluding hydrogens is 232 g/mol. The van der Waals surface area contributed by atoms with Crippen molar-refractivity contribution in [3.05, 3.63) is 41.7 Å². The molecule has 0 fully saturated rings. The highest BCUT2D eigenvalue weighted by Gasteiger charge is 2.04. The molecule has 0 amide bonds. The Morgan fingerprint density at radius 3 is 3.00 bits per heavy atom. The van der Waals surface area contributed by atoms with E-state index in [1.54, 1.807) is 12.5 Å². The highest BCUT2D eigenvalue weighted by Crippen LogP contribution is 2.18. The minimum atomic E-state index is 0.769. The number of aromatic amines is 1. The van der Waals surface area contributed by atoms with Gasteiger partial charge in [-0.15, -0.1) is 0 Å². The van der Waals surface area contributed by atoms with Gasteiger partial charge in [-0.25, -0.2) is 4.98 Å². The number of hydrogen-bond donors (Lipinski definition) is 1. The summed E-state index contributed by atoms with van der Waals surface area (Å²) in [6.07, 6.45) is 5.49. The third-order valence-corrected chi connectivity index (χ3v) is 3.20. The van der Waals surface area contributed by atoms with E-state index in [1.807, 2.05) is 16.8 Å². The summed E-state index contributed by atoms with van der Waals surface area (Å²) >= 11 is 5.28. The van der Waals surface area contributed by atoms with E-state index in [4.69, 9.17) is 12.2 Å². The SMILES string of the molecule is CCn1c(=S)[nH]c2ccc(-n3ccnc3)cc21. The molecule has 0 saturated heterocycles. The van der Waals surface area contributed by atoms with Crippen molar-refractivity contribution < 1.29 is 0 Å². The second kappa shape index (κ2) is 3.85. The first-order valence-electron chi connectivity index (χ1n) is 5.50. The highest BCUT2D eigenvalue weighted by molar-refractivity contribution is 7.71. The molecule has 0 radical (unpaired) electrons. The Morgan fingerprint density at radius 1 is 1.41 bits per heavy atom. The third kappa shape index (κ3) is 1.59. The van der Waals surface area contributed by atoms with Crippen LogP contribution in [-0.2, 0) is 6.54 Å². The normalized spacial score (nSPS) is 11.1. The molecule has 5 heteroatoms. The van der Waals surface area contributed by atoms with Crippen LogP contribution in [0.2, 0.25) is 0 Å². The average Bonchev–Trinajstić information content (AvgIpc) is 2.93. The summed E-state index contributed by atoms with van der Waals surface area (Å²) in [6, 6.07) is 6.22. The van der Waals surface area contributed by atoms with Gasteiger partial charge in [-0.2, -0.15) is 0 Å². The van der Waals surface area contributed by atoms with Crippen molar-refractivity contribution in [1.29, 1.82) is 0 Å². The van der Waals surface area contributed by atoms with Gasteiger partial charge in [-0.3, -0.25) is 0 Å². The molecule has 3 aromatic rings. The molecule has 86 valence electrons. The maximum absolute atomic E-state index is 5.28. The number of hydrogen-bond acceptors (Lipinski definition) is 2. The molecule has 0 aliphatic rings. The Hall–Kier alpha value is -1.88. The summed E-state index contributed by atoms with van der Waals surface area (Å²) in [5.41, 5.74) is 3.29. The van der Waals surface area contributed by atoms with Crippen molar-refractivity contribution in [2.24, 2.45) is 0 Å². The Balaban J connectivity index is 2.28. The van der Waals surface area contributed by atoms with Gasteiger partial charge in [0.15, 0.2) is 4.77 Å². The molecule has 2 aromatic heterocycles. The number of rotatable bonds is 2. The Bertz CT molecular complexity index is 706. The van der Waals surface area contributed by atoms with E-state index in [2.05, 4.69) is 33.6 Å². The van der Waals surface area contributed by atoms with Crippen molar-refractivity contribution in [3.63, 3.8) is 0 Å². The predicted octanol–water partition coefficient (Wildman–Crippen LogP) is 2.90. The van der Waals surface area contributed by atoms with Crippen LogP contribution in [0.3, 0.4) is 0 Å². The molecule has 0 unspecified atom stereocenters. The largest absolute Gasteiger partial charge is 0.331 e. The van der Waals surface area contributed by atoms with Gasteiger partial charge < -0.3 is 14.1 Å². The fraction of sp³-hybridized carbons (Fsp3) is 0.167. The summed E-state index contributed by atoms with van der Waals surface area (Å²) in [5, 5.41) is 0. The van der Waals surface area contributed by atoms with E-state index in [9.17, 15) is 0 Å². The van der Waals surface area contributed by atoms with Crippen LogP contribution in [0.1, 0.15) is 6.92 Å². The van der Waals surface area contributed by atoms with E-state index >= 15 is 0 Å². The van der Waals surface area contributed by atoms with E-state index in [1.165, 1.54) is 0 Å². The van der Waals surface area contributed by atoms with Gasteiger partial charge in [0.05, 0.1) is 17.4 Å². The summed E-state index contributed by atoms with van der Waals surface area (Å²) < 4.78 is 4.84. The molecule has 17 heavy (non-hydrogen) atoms. The summed E-state index contributed by atoms with van der Waals surface area (Å²) in [7, 11) is 0. The van der Waals surface area contributed by atoms with Crippen molar-refractivity contribution in [2.45, 2.75) is 13.5 Å². The number of nitrogens with zero attached hydrogens (tertiary/aromatic N) is 3. The summed E-state index contributed by atoms with van der Waals surface area (Å²) in [5.74, 6) is 0. The van der Waals surface area contributed by atoms with E-state index in [0.717, 1.165) is 28.0 Å². The van der Waals surface area contributed by atoms with E-state index in [-0.39, 0.29) is 0 Å². The molecular formula is C12H12N4S. The van der Waals surface area contributed by atoms with Crippen LogP contribution >= 0.6 is 12.2 Å². The number of benzene rings is 1. The van der Waals surface area contributed by atoms with Crippen LogP contribution in [0.25, 0.3) is 16.7 Å². The zero-order valence-electron chi connectivity index (χ0n) is 9.42. The lowest BCUT2D eigenvalue weighted by Crippen LogP contribution is -1.95. The Morgan fingerprint density at radius 2 is 2.29 bits per heavy atom. The molecule has 0 spiro atoms. The standard InChI is InChI=1S/C12H12N4S/c1-2-16-11-7-9(15-6-5-13-8-15)3-4-10(11)14-12(16)17/h3-8H,2H2,1H3,(H,14,17). The number of nitrogens with one attached hydrogen (secondary N) is 1. The molecule has 0 bridgehead atoms. The topological polar surface area (TPSA) is 38.5 Å². The van der Waals surface area contributed by atoms with Crippen molar-refractivity contribution in [2.75, 3.05) is 0 Å². The summed E-state index contributed by atoms with van der Waals surface area (Å²) in [6.45, 7) is 2.96. The maximum Gasteiger partial charge on any atom is 0.178 e. The minimum Gasteiger partial charge on any atom is -0.331 e. The first-order valence-corrected chi connectivity index (χ1v) is 5.91. The number of aryl methyl sites for hydroxylation is 1. The highest BCUT2D eigenvalue weighted by atomic mass is 32.1. The van der Waals surface area contributed by atoms with Crippen LogP contribution in [0.5, 0.6) is 0 Å². The smallest absolute Gasteiger partial charge is 0.178 e. The van der Waals surface area contributed by atoms with Crippen LogP contribution in [0.15, 0.2) is 36.9 Å². The first kappa shape index (κ1) is 10.3. The van der Waals surface area contributed by atoms with Gasteiger partial charge in [-0.1, -0.05) is 0 Å². The molecule has 0 atom stereocenters. The lowest BCUT2D eigenvalue weighted by Gasteiger charge is -2.04. The second-order valence-electron chi connectivity index (χ2n) is 3.85. The van der Waals surface area contributed by atoms with Crippen LogP contribution in [-0.4, -0.2) is 19.1 Å².